The van der Waals surface area contributed by atoms with Crippen LogP contribution in [0.4, 0.5) is 0 Å². The Labute approximate surface area is 86.5 Å². The van der Waals surface area contributed by atoms with Crippen molar-refractivity contribution in [3.8, 4) is 0 Å². The van der Waals surface area contributed by atoms with Crippen LogP contribution in [-0.2, 0) is 0 Å². The lowest BCUT2D eigenvalue weighted by atomic mass is 10.1. The SMILES string of the molecule is CNC(c1ccc[nH]1)c1snnc1C. The van der Waals surface area contributed by atoms with Crippen molar-refractivity contribution in [3.63, 3.8) is 0 Å². The molecule has 5 heteroatoms. The van der Waals surface area contributed by atoms with E-state index in [1.54, 1.807) is 0 Å². The molecule has 0 saturated carbocycles. The molecule has 2 rings (SSSR count). The molecule has 2 N–H and O–H groups in total. The zero-order chi connectivity index (χ0) is 9.97. The van der Waals surface area contributed by atoms with Crippen LogP contribution >= 0.6 is 11.5 Å². The molecule has 1 unspecified atom stereocenters. The lowest BCUT2D eigenvalue weighted by Gasteiger charge is -2.12. The van der Waals surface area contributed by atoms with Crippen molar-refractivity contribution < 1.29 is 0 Å². The van der Waals surface area contributed by atoms with Gasteiger partial charge in [0.05, 0.1) is 16.6 Å². The van der Waals surface area contributed by atoms with E-state index in [0.717, 1.165) is 16.3 Å². The van der Waals surface area contributed by atoms with Gasteiger partial charge >= 0.3 is 0 Å². The van der Waals surface area contributed by atoms with Crippen LogP contribution in [0.1, 0.15) is 22.3 Å². The molecule has 0 bridgehead atoms. The molecule has 0 saturated heterocycles. The lowest BCUT2D eigenvalue weighted by Crippen LogP contribution is -2.17. The van der Waals surface area contributed by atoms with E-state index in [1.165, 1.54) is 11.5 Å². The van der Waals surface area contributed by atoms with Gasteiger partial charge in [-0.3, -0.25) is 0 Å². The molecule has 0 aliphatic rings. The van der Waals surface area contributed by atoms with Gasteiger partial charge in [0.2, 0.25) is 0 Å². The predicted octanol–water partition coefficient (Wildman–Crippen LogP) is 1.48. The fourth-order valence-electron chi connectivity index (χ4n) is 1.45. The molecule has 2 aromatic heterocycles. The van der Waals surface area contributed by atoms with Crippen molar-refractivity contribution in [2.24, 2.45) is 0 Å². The van der Waals surface area contributed by atoms with Crippen LogP contribution in [0.2, 0.25) is 0 Å². The Bertz CT molecular complexity index is 393. The minimum absolute atomic E-state index is 0.171. The molecule has 0 aliphatic heterocycles. The van der Waals surface area contributed by atoms with Gasteiger partial charge in [-0.05, 0) is 37.6 Å². The fourth-order valence-corrected chi connectivity index (χ4v) is 2.23. The molecule has 0 aromatic carbocycles. The standard InChI is InChI=1S/C9H12N4S/c1-6-9(14-13-12-6)8(10-2)7-4-3-5-11-7/h3-5,8,10-11H,1-2H3. The second-order valence-electron chi connectivity index (χ2n) is 3.07. The summed E-state index contributed by atoms with van der Waals surface area (Å²) in [5, 5.41) is 7.26. The maximum atomic E-state index is 4.01. The summed E-state index contributed by atoms with van der Waals surface area (Å²) in [7, 11) is 1.94. The largest absolute Gasteiger partial charge is 0.363 e. The van der Waals surface area contributed by atoms with Crippen LogP contribution < -0.4 is 5.32 Å². The summed E-state index contributed by atoms with van der Waals surface area (Å²) in [4.78, 5) is 4.35. The van der Waals surface area contributed by atoms with E-state index in [1.807, 2.05) is 26.2 Å². The minimum atomic E-state index is 0.171. The number of aromatic amines is 1. The van der Waals surface area contributed by atoms with E-state index in [0.29, 0.717) is 0 Å². The first-order valence-electron chi connectivity index (χ1n) is 4.42. The summed E-state index contributed by atoms with van der Waals surface area (Å²) in [6.07, 6.45) is 1.92. The number of H-pyrrole nitrogens is 1. The first-order chi connectivity index (χ1) is 6.83. The molecule has 0 fully saturated rings. The summed E-state index contributed by atoms with van der Waals surface area (Å²) in [6, 6.07) is 4.22. The zero-order valence-electron chi connectivity index (χ0n) is 8.11. The van der Waals surface area contributed by atoms with Crippen molar-refractivity contribution in [3.05, 3.63) is 34.6 Å². The maximum Gasteiger partial charge on any atom is 0.0855 e. The van der Waals surface area contributed by atoms with E-state index >= 15 is 0 Å². The van der Waals surface area contributed by atoms with Crippen molar-refractivity contribution in [1.82, 2.24) is 19.9 Å². The van der Waals surface area contributed by atoms with E-state index in [2.05, 4.69) is 26.0 Å². The Morgan fingerprint density at radius 2 is 2.43 bits per heavy atom. The molecule has 0 amide bonds. The number of aryl methyl sites for hydroxylation is 1. The van der Waals surface area contributed by atoms with Crippen LogP contribution in [0.5, 0.6) is 0 Å². The highest BCUT2D eigenvalue weighted by molar-refractivity contribution is 7.05. The van der Waals surface area contributed by atoms with Gasteiger partial charge in [0.15, 0.2) is 0 Å². The lowest BCUT2D eigenvalue weighted by molar-refractivity contribution is 0.681. The van der Waals surface area contributed by atoms with Gasteiger partial charge in [-0.15, -0.1) is 5.10 Å². The van der Waals surface area contributed by atoms with Gasteiger partial charge in [-0.25, -0.2) is 0 Å². The highest BCUT2D eigenvalue weighted by Gasteiger charge is 2.17. The van der Waals surface area contributed by atoms with E-state index in [-0.39, 0.29) is 6.04 Å². The topological polar surface area (TPSA) is 53.6 Å². The Kier molecular flexibility index (Phi) is 2.60. The molecule has 0 aliphatic carbocycles. The molecule has 2 aromatic rings. The normalized spacial score (nSPS) is 13.0. The summed E-state index contributed by atoms with van der Waals surface area (Å²) < 4.78 is 3.94. The summed E-state index contributed by atoms with van der Waals surface area (Å²) >= 11 is 1.44. The Morgan fingerprint density at radius 3 is 2.93 bits per heavy atom. The van der Waals surface area contributed by atoms with Gasteiger partial charge in [0.25, 0.3) is 0 Å². The fraction of sp³-hybridized carbons (Fsp3) is 0.333. The third kappa shape index (κ3) is 1.56. The van der Waals surface area contributed by atoms with Crippen LogP contribution in [0.3, 0.4) is 0 Å². The van der Waals surface area contributed by atoms with E-state index in [9.17, 15) is 0 Å². The number of hydrogen-bond donors (Lipinski definition) is 2. The van der Waals surface area contributed by atoms with Crippen LogP contribution in [0.15, 0.2) is 18.3 Å². The van der Waals surface area contributed by atoms with Gasteiger partial charge in [-0.1, -0.05) is 4.49 Å². The second kappa shape index (κ2) is 3.89. The molecular weight excluding hydrogens is 196 g/mol. The first-order valence-corrected chi connectivity index (χ1v) is 5.19. The molecule has 1 atom stereocenters. The van der Waals surface area contributed by atoms with Gasteiger partial charge in [0.1, 0.15) is 0 Å². The summed E-state index contributed by atoms with van der Waals surface area (Å²) in [5.41, 5.74) is 2.13. The number of aromatic nitrogens is 3. The monoisotopic (exact) mass is 208 g/mol. The van der Waals surface area contributed by atoms with Gasteiger partial charge < -0.3 is 10.3 Å². The Hall–Kier alpha value is -1.20. The van der Waals surface area contributed by atoms with E-state index in [4.69, 9.17) is 0 Å². The van der Waals surface area contributed by atoms with Crippen LogP contribution in [0.25, 0.3) is 0 Å². The van der Waals surface area contributed by atoms with Crippen LogP contribution in [0, 0.1) is 6.92 Å². The number of nitrogens with zero attached hydrogens (tertiary/aromatic N) is 2. The van der Waals surface area contributed by atoms with Gasteiger partial charge in [-0.2, -0.15) is 0 Å². The average molecular weight is 208 g/mol. The smallest absolute Gasteiger partial charge is 0.0855 e. The van der Waals surface area contributed by atoms with Crippen LogP contribution in [-0.4, -0.2) is 21.6 Å². The van der Waals surface area contributed by atoms with E-state index < -0.39 is 0 Å². The third-order valence-corrected chi connectivity index (χ3v) is 3.06. The van der Waals surface area contributed by atoms with Crippen molar-refractivity contribution >= 4 is 11.5 Å². The molecule has 2 heterocycles. The summed E-state index contributed by atoms with van der Waals surface area (Å²) in [6.45, 7) is 1.98. The number of hydrogen-bond acceptors (Lipinski definition) is 4. The van der Waals surface area contributed by atoms with Crippen molar-refractivity contribution in [1.29, 1.82) is 0 Å². The number of rotatable bonds is 3. The quantitative estimate of drug-likeness (QED) is 0.803. The molecule has 0 spiro atoms. The Balaban J connectivity index is 2.36. The average Bonchev–Trinajstić information content (AvgIpc) is 2.80. The highest BCUT2D eigenvalue weighted by Crippen LogP contribution is 2.24. The highest BCUT2D eigenvalue weighted by atomic mass is 32.1. The summed E-state index contributed by atoms with van der Waals surface area (Å²) in [5.74, 6) is 0. The predicted molar refractivity (Wildman–Crippen MR) is 56.3 cm³/mol. The molecule has 14 heavy (non-hydrogen) atoms. The van der Waals surface area contributed by atoms with Crippen molar-refractivity contribution in [2.45, 2.75) is 13.0 Å². The number of nitrogens with one attached hydrogen (secondary N) is 2. The molecule has 4 nitrogen and oxygen atoms in total. The maximum absolute atomic E-state index is 4.01. The second-order valence-corrected chi connectivity index (χ2v) is 3.86. The zero-order valence-corrected chi connectivity index (χ0v) is 8.93. The Morgan fingerprint density at radius 1 is 1.57 bits per heavy atom. The first kappa shape index (κ1) is 9.36. The molecule has 74 valence electrons. The van der Waals surface area contributed by atoms with Crippen molar-refractivity contribution in [2.75, 3.05) is 7.05 Å². The molecule has 0 radical (unpaired) electrons. The van der Waals surface area contributed by atoms with Gasteiger partial charge in [0, 0.05) is 11.9 Å². The third-order valence-electron chi connectivity index (χ3n) is 2.17. The molecular formula is C9H12N4S. The minimum Gasteiger partial charge on any atom is -0.363 e.